The minimum Gasteiger partial charge on any atom is -0.399 e. The van der Waals surface area contributed by atoms with Crippen molar-refractivity contribution in [2.75, 3.05) is 10.5 Å². The molecule has 0 unspecified atom stereocenters. The molecule has 0 aliphatic rings. The van der Waals surface area contributed by atoms with Crippen LogP contribution in [0.2, 0.25) is 0 Å². The summed E-state index contributed by atoms with van der Waals surface area (Å²) in [5.74, 6) is 0. The molecule has 0 aliphatic carbocycles. The molecule has 0 spiro atoms. The summed E-state index contributed by atoms with van der Waals surface area (Å²) in [4.78, 5) is 0.121. The van der Waals surface area contributed by atoms with E-state index in [0.717, 1.165) is 11.1 Å². The van der Waals surface area contributed by atoms with Gasteiger partial charge in [0.2, 0.25) is 0 Å². The maximum Gasteiger partial charge on any atom is 0.263 e. The van der Waals surface area contributed by atoms with Crippen LogP contribution in [0.1, 0.15) is 11.1 Å². The predicted octanol–water partition coefficient (Wildman–Crippen LogP) is 3.45. The fourth-order valence-electron chi connectivity index (χ4n) is 1.74. The number of anilines is 2. The molecule has 4 nitrogen and oxygen atoms in total. The highest BCUT2D eigenvalue weighted by Crippen LogP contribution is 2.26. The molecule has 2 rings (SSSR count). The van der Waals surface area contributed by atoms with E-state index in [0.29, 0.717) is 15.8 Å². The third kappa shape index (κ3) is 3.13. The van der Waals surface area contributed by atoms with E-state index >= 15 is 0 Å². The lowest BCUT2D eigenvalue weighted by Gasteiger charge is -2.11. The Bertz CT molecular complexity index is 758. The van der Waals surface area contributed by atoms with Crippen LogP contribution >= 0.6 is 15.9 Å². The highest BCUT2D eigenvalue weighted by atomic mass is 79.9. The van der Waals surface area contributed by atoms with Crippen molar-refractivity contribution in [1.29, 1.82) is 0 Å². The molecule has 0 radical (unpaired) electrons. The number of nitrogens with one attached hydrogen (secondary N) is 1. The predicted molar refractivity (Wildman–Crippen MR) is 85.3 cm³/mol. The summed E-state index contributed by atoms with van der Waals surface area (Å²) in [5.41, 5.74) is 8.71. The summed E-state index contributed by atoms with van der Waals surface area (Å²) in [6, 6.07) is 10.1. The van der Waals surface area contributed by atoms with E-state index in [2.05, 4.69) is 20.7 Å². The summed E-state index contributed by atoms with van der Waals surface area (Å²) < 4.78 is 27.8. The van der Waals surface area contributed by atoms with Crippen molar-refractivity contribution in [2.45, 2.75) is 18.7 Å². The number of aryl methyl sites for hydroxylation is 2. The Morgan fingerprint density at radius 2 is 1.75 bits per heavy atom. The molecule has 2 aromatic carbocycles. The van der Waals surface area contributed by atoms with Gasteiger partial charge in [-0.3, -0.25) is 4.72 Å². The zero-order valence-corrected chi connectivity index (χ0v) is 13.5. The standard InChI is InChI=1S/C14H15BrN2O2S/c1-9-3-5-12(7-10(9)2)17-20(18,19)14-8-11(16)4-6-13(14)15/h3-8,17H,16H2,1-2H3. The van der Waals surface area contributed by atoms with Crippen LogP contribution in [-0.4, -0.2) is 8.42 Å². The highest BCUT2D eigenvalue weighted by Gasteiger charge is 2.18. The Hall–Kier alpha value is -1.53. The Balaban J connectivity index is 2.40. The first-order valence-corrected chi connectivity index (χ1v) is 8.22. The lowest BCUT2D eigenvalue weighted by Crippen LogP contribution is -2.14. The van der Waals surface area contributed by atoms with Gasteiger partial charge in [0.25, 0.3) is 10.0 Å². The molecule has 0 aromatic heterocycles. The van der Waals surface area contributed by atoms with Crippen molar-refractivity contribution in [3.8, 4) is 0 Å². The van der Waals surface area contributed by atoms with Gasteiger partial charge in [0.1, 0.15) is 4.90 Å². The molecular weight excluding hydrogens is 340 g/mol. The first-order valence-electron chi connectivity index (χ1n) is 5.95. The second-order valence-electron chi connectivity index (χ2n) is 4.59. The molecule has 0 saturated carbocycles. The van der Waals surface area contributed by atoms with Crippen LogP contribution in [0.5, 0.6) is 0 Å². The lowest BCUT2D eigenvalue weighted by molar-refractivity contribution is 0.601. The number of hydrogen-bond donors (Lipinski definition) is 2. The summed E-state index contributed by atoms with van der Waals surface area (Å²) in [6.45, 7) is 3.91. The summed E-state index contributed by atoms with van der Waals surface area (Å²) in [5, 5.41) is 0. The zero-order chi connectivity index (χ0) is 14.9. The first kappa shape index (κ1) is 14.9. The molecule has 0 bridgehead atoms. The van der Waals surface area contributed by atoms with E-state index in [1.54, 1.807) is 24.3 Å². The normalized spacial score (nSPS) is 11.3. The average Bonchev–Trinajstić information content (AvgIpc) is 2.36. The van der Waals surface area contributed by atoms with E-state index in [1.807, 2.05) is 19.9 Å². The van der Waals surface area contributed by atoms with Crippen molar-refractivity contribution in [1.82, 2.24) is 0 Å². The minimum absolute atomic E-state index is 0.121. The van der Waals surface area contributed by atoms with Gasteiger partial charge >= 0.3 is 0 Å². The number of hydrogen-bond acceptors (Lipinski definition) is 3. The van der Waals surface area contributed by atoms with Gasteiger partial charge in [0.15, 0.2) is 0 Å². The molecule has 0 atom stereocenters. The van der Waals surface area contributed by atoms with Gasteiger partial charge in [0, 0.05) is 15.8 Å². The van der Waals surface area contributed by atoms with Crippen LogP contribution in [0.25, 0.3) is 0 Å². The van der Waals surface area contributed by atoms with Crippen LogP contribution in [-0.2, 0) is 10.0 Å². The Morgan fingerprint density at radius 3 is 2.40 bits per heavy atom. The number of benzene rings is 2. The lowest BCUT2D eigenvalue weighted by atomic mass is 10.1. The van der Waals surface area contributed by atoms with Crippen LogP contribution in [0, 0.1) is 13.8 Å². The van der Waals surface area contributed by atoms with Gasteiger partial charge in [0.05, 0.1) is 0 Å². The quantitative estimate of drug-likeness (QED) is 0.829. The van der Waals surface area contributed by atoms with Crippen LogP contribution in [0.15, 0.2) is 45.8 Å². The van der Waals surface area contributed by atoms with Crippen molar-refractivity contribution in [2.24, 2.45) is 0 Å². The highest BCUT2D eigenvalue weighted by molar-refractivity contribution is 9.10. The van der Waals surface area contributed by atoms with Crippen LogP contribution in [0.4, 0.5) is 11.4 Å². The van der Waals surface area contributed by atoms with E-state index in [-0.39, 0.29) is 4.90 Å². The van der Waals surface area contributed by atoms with E-state index in [9.17, 15) is 8.42 Å². The minimum atomic E-state index is -3.67. The van der Waals surface area contributed by atoms with Crippen LogP contribution < -0.4 is 10.5 Å². The number of sulfonamides is 1. The molecule has 20 heavy (non-hydrogen) atoms. The van der Waals surface area contributed by atoms with Gasteiger partial charge in [-0.2, -0.15) is 0 Å². The molecule has 6 heteroatoms. The SMILES string of the molecule is Cc1ccc(NS(=O)(=O)c2cc(N)ccc2Br)cc1C. The smallest absolute Gasteiger partial charge is 0.263 e. The Morgan fingerprint density at radius 1 is 1.05 bits per heavy atom. The maximum absolute atomic E-state index is 12.4. The van der Waals surface area contributed by atoms with Gasteiger partial charge in [-0.25, -0.2) is 8.42 Å². The van der Waals surface area contributed by atoms with E-state index in [4.69, 9.17) is 5.73 Å². The molecule has 106 valence electrons. The monoisotopic (exact) mass is 354 g/mol. The second kappa shape index (κ2) is 5.46. The molecule has 0 saturated heterocycles. The third-order valence-corrected chi connectivity index (χ3v) is 5.38. The molecule has 3 N–H and O–H groups in total. The van der Waals surface area contributed by atoms with Crippen molar-refractivity contribution < 1.29 is 8.42 Å². The summed E-state index contributed by atoms with van der Waals surface area (Å²) >= 11 is 3.23. The van der Waals surface area contributed by atoms with Crippen LogP contribution in [0.3, 0.4) is 0 Å². The fraction of sp³-hybridized carbons (Fsp3) is 0.143. The van der Waals surface area contributed by atoms with Crippen molar-refractivity contribution in [3.05, 3.63) is 52.0 Å². The molecular formula is C14H15BrN2O2S. The third-order valence-electron chi connectivity index (χ3n) is 3.00. The van der Waals surface area contributed by atoms with Gasteiger partial charge in [-0.1, -0.05) is 6.07 Å². The second-order valence-corrected chi connectivity index (χ2v) is 7.10. The molecule has 2 aromatic rings. The number of halogens is 1. The first-order chi connectivity index (χ1) is 9.29. The maximum atomic E-state index is 12.4. The fourth-order valence-corrected chi connectivity index (χ4v) is 3.79. The Labute approximate surface area is 127 Å². The topological polar surface area (TPSA) is 72.2 Å². The average molecular weight is 355 g/mol. The van der Waals surface area contributed by atoms with E-state index < -0.39 is 10.0 Å². The molecule has 0 amide bonds. The van der Waals surface area contributed by atoms with Crippen molar-refractivity contribution in [3.63, 3.8) is 0 Å². The number of nitrogens with two attached hydrogens (primary N) is 1. The van der Waals surface area contributed by atoms with Crippen molar-refractivity contribution >= 4 is 37.3 Å². The molecule has 0 fully saturated rings. The van der Waals surface area contributed by atoms with Gasteiger partial charge < -0.3 is 5.73 Å². The Kier molecular flexibility index (Phi) is 4.06. The largest absolute Gasteiger partial charge is 0.399 e. The number of nitrogen functional groups attached to an aromatic ring is 1. The van der Waals surface area contributed by atoms with Gasteiger partial charge in [-0.15, -0.1) is 0 Å². The molecule has 0 heterocycles. The number of rotatable bonds is 3. The summed E-state index contributed by atoms with van der Waals surface area (Å²) in [7, 11) is -3.67. The van der Waals surface area contributed by atoms with E-state index in [1.165, 1.54) is 6.07 Å². The van der Waals surface area contributed by atoms with Gasteiger partial charge in [-0.05, 0) is 71.2 Å². The molecule has 0 aliphatic heterocycles. The zero-order valence-electron chi connectivity index (χ0n) is 11.1. The summed E-state index contributed by atoms with van der Waals surface area (Å²) in [6.07, 6.45) is 0.